The summed E-state index contributed by atoms with van der Waals surface area (Å²) in [6, 6.07) is 0. The highest BCUT2D eigenvalue weighted by Crippen LogP contribution is 2.30. The molecule has 10 heavy (non-hydrogen) atoms. The molecule has 0 fully saturated rings. The second kappa shape index (κ2) is 2.87. The molecular weight excluding hydrogens is 120 g/mol. The number of rotatable bonds is 2. The van der Waals surface area contributed by atoms with Crippen molar-refractivity contribution < 1.29 is 0 Å². The zero-order chi connectivity index (χ0) is 7.56. The third-order valence-corrected chi connectivity index (χ3v) is 2.02. The van der Waals surface area contributed by atoms with E-state index >= 15 is 0 Å². The van der Waals surface area contributed by atoms with Gasteiger partial charge < -0.3 is 0 Å². The van der Waals surface area contributed by atoms with Gasteiger partial charge in [0.2, 0.25) is 0 Å². The Bertz CT molecular complexity index is 194. The third kappa shape index (κ3) is 1.21. The van der Waals surface area contributed by atoms with Crippen molar-refractivity contribution in [3.63, 3.8) is 0 Å². The Kier molecular flexibility index (Phi) is 2.10. The molecular formula is C10H14. The van der Waals surface area contributed by atoms with Crippen LogP contribution in [0.1, 0.15) is 26.2 Å². The van der Waals surface area contributed by atoms with Crippen LogP contribution in [-0.2, 0) is 0 Å². The zero-order valence-corrected chi connectivity index (χ0v) is 6.61. The molecule has 0 nitrogen and oxygen atoms in total. The van der Waals surface area contributed by atoms with Crippen molar-refractivity contribution in [2.24, 2.45) is 0 Å². The fraction of sp³-hybridized carbons (Fsp3) is 0.400. The minimum Gasteiger partial charge on any atom is -0.0988 e. The Balaban J connectivity index is 2.88. The predicted molar refractivity (Wildman–Crippen MR) is 45.9 cm³/mol. The average molecular weight is 134 g/mol. The van der Waals surface area contributed by atoms with Gasteiger partial charge in [0.25, 0.3) is 0 Å². The lowest BCUT2D eigenvalue weighted by molar-refractivity contribution is 0.902. The molecule has 0 unspecified atom stereocenters. The number of allylic oxidation sites excluding steroid dienone is 4. The van der Waals surface area contributed by atoms with Crippen LogP contribution >= 0.6 is 0 Å². The molecule has 1 aliphatic carbocycles. The van der Waals surface area contributed by atoms with Crippen LogP contribution < -0.4 is 0 Å². The maximum atomic E-state index is 3.93. The fourth-order valence-electron chi connectivity index (χ4n) is 1.48. The van der Waals surface area contributed by atoms with E-state index in [-0.39, 0.29) is 0 Å². The van der Waals surface area contributed by atoms with Crippen LogP contribution in [0.3, 0.4) is 0 Å². The van der Waals surface area contributed by atoms with Gasteiger partial charge in [0.1, 0.15) is 0 Å². The highest BCUT2D eigenvalue weighted by atomic mass is 14.2. The Morgan fingerprint density at radius 3 is 2.60 bits per heavy atom. The molecule has 1 aliphatic rings. The first kappa shape index (κ1) is 7.33. The van der Waals surface area contributed by atoms with E-state index < -0.39 is 0 Å². The lowest BCUT2D eigenvalue weighted by atomic mass is 10.1. The van der Waals surface area contributed by atoms with E-state index in [9.17, 15) is 0 Å². The largest absolute Gasteiger partial charge is 0.0988 e. The molecule has 0 N–H and O–H groups in total. The van der Waals surface area contributed by atoms with Gasteiger partial charge >= 0.3 is 0 Å². The molecule has 0 saturated heterocycles. The first-order valence-electron chi connectivity index (χ1n) is 3.76. The second-order valence-electron chi connectivity index (χ2n) is 2.84. The molecule has 0 radical (unpaired) electrons. The minimum atomic E-state index is 1.20. The molecule has 0 atom stereocenters. The maximum Gasteiger partial charge on any atom is -0.0271 e. The summed E-state index contributed by atoms with van der Waals surface area (Å²) in [5, 5.41) is 0. The average Bonchev–Trinajstić information content (AvgIpc) is 2.33. The first-order valence-corrected chi connectivity index (χ1v) is 3.76. The molecule has 0 aliphatic heterocycles. The Hall–Kier alpha value is -0.780. The van der Waals surface area contributed by atoms with Crippen molar-refractivity contribution in [3.05, 3.63) is 36.0 Å². The summed E-state index contributed by atoms with van der Waals surface area (Å²) in [7, 11) is 0. The second-order valence-corrected chi connectivity index (χ2v) is 2.84. The zero-order valence-electron chi connectivity index (χ0n) is 6.61. The van der Waals surface area contributed by atoms with E-state index in [2.05, 4.69) is 20.1 Å². The van der Waals surface area contributed by atoms with E-state index in [0.717, 1.165) is 0 Å². The monoisotopic (exact) mass is 134 g/mol. The Morgan fingerprint density at radius 2 is 2.20 bits per heavy atom. The van der Waals surface area contributed by atoms with Crippen LogP contribution in [0.4, 0.5) is 0 Å². The Labute approximate surface area is 62.9 Å². The molecule has 0 aromatic rings. The summed E-state index contributed by atoms with van der Waals surface area (Å²) >= 11 is 0. The van der Waals surface area contributed by atoms with Crippen LogP contribution in [0.25, 0.3) is 0 Å². The summed E-state index contributed by atoms with van der Waals surface area (Å²) in [6.07, 6.45) is 5.66. The lowest BCUT2D eigenvalue weighted by Crippen LogP contribution is -1.80. The van der Waals surface area contributed by atoms with Crippen LogP contribution in [0.2, 0.25) is 0 Å². The molecule has 0 aromatic heterocycles. The fourth-order valence-corrected chi connectivity index (χ4v) is 1.48. The molecule has 0 saturated carbocycles. The molecule has 0 amide bonds. The summed E-state index contributed by atoms with van der Waals surface area (Å²) in [5.74, 6) is 0. The van der Waals surface area contributed by atoms with Gasteiger partial charge in [-0.2, -0.15) is 0 Å². The molecule has 0 aromatic carbocycles. The van der Waals surface area contributed by atoms with Crippen molar-refractivity contribution in [3.8, 4) is 0 Å². The summed E-state index contributed by atoms with van der Waals surface area (Å²) < 4.78 is 0. The van der Waals surface area contributed by atoms with E-state index in [4.69, 9.17) is 0 Å². The van der Waals surface area contributed by atoms with Gasteiger partial charge in [0.15, 0.2) is 0 Å². The lowest BCUT2D eigenvalue weighted by Gasteiger charge is -2.00. The summed E-state index contributed by atoms with van der Waals surface area (Å²) in [6.45, 7) is 9.78. The molecule has 0 heteroatoms. The molecule has 1 rings (SSSR count). The van der Waals surface area contributed by atoms with Gasteiger partial charge in [0, 0.05) is 0 Å². The molecule has 0 heterocycles. The summed E-state index contributed by atoms with van der Waals surface area (Å²) in [5.41, 5.74) is 4.06. The van der Waals surface area contributed by atoms with E-state index in [1.54, 1.807) is 0 Å². The van der Waals surface area contributed by atoms with Crippen LogP contribution in [-0.4, -0.2) is 0 Å². The molecule has 54 valence electrons. The molecule has 0 spiro atoms. The Morgan fingerprint density at radius 1 is 1.50 bits per heavy atom. The summed E-state index contributed by atoms with van der Waals surface area (Å²) in [4.78, 5) is 0. The van der Waals surface area contributed by atoms with Gasteiger partial charge in [-0.05, 0) is 37.3 Å². The van der Waals surface area contributed by atoms with Gasteiger partial charge in [-0.3, -0.25) is 0 Å². The van der Waals surface area contributed by atoms with Gasteiger partial charge in [0.05, 0.1) is 0 Å². The van der Waals surface area contributed by atoms with E-state index in [1.807, 2.05) is 6.08 Å². The van der Waals surface area contributed by atoms with Crippen LogP contribution in [0.15, 0.2) is 36.0 Å². The van der Waals surface area contributed by atoms with Crippen molar-refractivity contribution in [2.45, 2.75) is 26.2 Å². The van der Waals surface area contributed by atoms with E-state index in [0.29, 0.717) is 0 Å². The van der Waals surface area contributed by atoms with Crippen molar-refractivity contribution in [1.82, 2.24) is 0 Å². The topological polar surface area (TPSA) is 0 Å². The third-order valence-electron chi connectivity index (χ3n) is 2.02. The van der Waals surface area contributed by atoms with Gasteiger partial charge in [-0.1, -0.05) is 24.8 Å². The van der Waals surface area contributed by atoms with Gasteiger partial charge in [-0.15, -0.1) is 0 Å². The highest BCUT2D eigenvalue weighted by molar-refractivity contribution is 5.39. The van der Waals surface area contributed by atoms with Gasteiger partial charge in [-0.25, -0.2) is 0 Å². The van der Waals surface area contributed by atoms with Crippen molar-refractivity contribution >= 4 is 0 Å². The van der Waals surface area contributed by atoms with Crippen molar-refractivity contribution in [1.29, 1.82) is 0 Å². The normalized spacial score (nSPS) is 17.7. The van der Waals surface area contributed by atoms with Crippen LogP contribution in [0, 0.1) is 0 Å². The number of hydrogen-bond donors (Lipinski definition) is 0. The number of hydrogen-bond acceptors (Lipinski definition) is 0. The SMILES string of the molecule is C=CC1=C(C(=C)C)CCC1. The van der Waals surface area contributed by atoms with Crippen molar-refractivity contribution in [2.75, 3.05) is 0 Å². The van der Waals surface area contributed by atoms with E-state index in [1.165, 1.54) is 36.0 Å². The quantitative estimate of drug-likeness (QED) is 0.544. The first-order chi connectivity index (χ1) is 4.75. The maximum absolute atomic E-state index is 3.93. The minimum absolute atomic E-state index is 1.20. The standard InChI is InChI=1S/C10H14/c1-4-9-6-5-7-10(9)8(2)3/h4H,1-2,5-7H2,3H3. The highest BCUT2D eigenvalue weighted by Gasteiger charge is 2.11. The van der Waals surface area contributed by atoms with Crippen LogP contribution in [0.5, 0.6) is 0 Å². The molecule has 0 bridgehead atoms. The smallest absolute Gasteiger partial charge is 0.0271 e. The predicted octanol–water partition coefficient (Wildman–Crippen LogP) is 3.23.